The number of rotatable bonds is 3. The first-order chi connectivity index (χ1) is 9.16. The standard InChI is InChI=1S/C14H23N5/c1-10(2)12-13(15)16-9-17-14(12)19-7-5-18(6-8-19)11-3-4-11/h9-11H,3-8H2,1-2H3,(H2,15,16,17). The molecule has 0 spiro atoms. The Morgan fingerprint density at radius 3 is 2.42 bits per heavy atom. The first-order valence-corrected chi connectivity index (χ1v) is 7.26. The maximum absolute atomic E-state index is 6.03. The molecule has 1 saturated heterocycles. The molecule has 0 amide bonds. The fourth-order valence-electron chi connectivity index (χ4n) is 2.94. The summed E-state index contributed by atoms with van der Waals surface area (Å²) >= 11 is 0. The van der Waals surface area contributed by atoms with Crippen LogP contribution in [-0.2, 0) is 0 Å². The number of nitrogens with zero attached hydrogens (tertiary/aromatic N) is 4. The summed E-state index contributed by atoms with van der Waals surface area (Å²) in [5.74, 6) is 2.03. The van der Waals surface area contributed by atoms with Crippen LogP contribution in [0.2, 0.25) is 0 Å². The van der Waals surface area contributed by atoms with E-state index in [0.717, 1.165) is 43.6 Å². The van der Waals surface area contributed by atoms with Crippen LogP contribution >= 0.6 is 0 Å². The quantitative estimate of drug-likeness (QED) is 0.893. The molecule has 2 fully saturated rings. The van der Waals surface area contributed by atoms with Crippen LogP contribution in [0.15, 0.2) is 6.33 Å². The average molecular weight is 261 g/mol. The third-order valence-corrected chi connectivity index (χ3v) is 4.15. The zero-order chi connectivity index (χ0) is 13.4. The topological polar surface area (TPSA) is 58.3 Å². The molecule has 0 unspecified atom stereocenters. The van der Waals surface area contributed by atoms with Gasteiger partial charge in [0.25, 0.3) is 0 Å². The molecule has 2 aliphatic rings. The Labute approximate surface area is 114 Å². The van der Waals surface area contributed by atoms with Gasteiger partial charge in [-0.3, -0.25) is 4.90 Å². The molecular weight excluding hydrogens is 238 g/mol. The number of piperazine rings is 1. The van der Waals surface area contributed by atoms with Crippen molar-refractivity contribution >= 4 is 11.6 Å². The molecule has 0 atom stereocenters. The van der Waals surface area contributed by atoms with Crippen molar-refractivity contribution in [2.24, 2.45) is 0 Å². The van der Waals surface area contributed by atoms with Gasteiger partial charge in [-0.15, -0.1) is 0 Å². The van der Waals surface area contributed by atoms with Gasteiger partial charge in [0.05, 0.1) is 0 Å². The number of hydrogen-bond donors (Lipinski definition) is 1. The second kappa shape index (κ2) is 4.96. The molecule has 2 N–H and O–H groups in total. The fourth-order valence-corrected chi connectivity index (χ4v) is 2.94. The van der Waals surface area contributed by atoms with Crippen molar-refractivity contribution in [1.29, 1.82) is 0 Å². The number of nitrogens with two attached hydrogens (primary N) is 1. The van der Waals surface area contributed by atoms with E-state index < -0.39 is 0 Å². The highest BCUT2D eigenvalue weighted by Gasteiger charge is 2.32. The van der Waals surface area contributed by atoms with E-state index in [1.165, 1.54) is 12.8 Å². The van der Waals surface area contributed by atoms with E-state index in [2.05, 4.69) is 33.6 Å². The van der Waals surface area contributed by atoms with Gasteiger partial charge in [-0.1, -0.05) is 13.8 Å². The molecule has 2 heterocycles. The van der Waals surface area contributed by atoms with Crippen LogP contribution in [0.4, 0.5) is 11.6 Å². The highest BCUT2D eigenvalue weighted by atomic mass is 15.3. The molecular formula is C14H23N5. The highest BCUT2D eigenvalue weighted by Crippen LogP contribution is 2.32. The van der Waals surface area contributed by atoms with Gasteiger partial charge in [-0.05, 0) is 18.8 Å². The van der Waals surface area contributed by atoms with Crippen molar-refractivity contribution in [2.75, 3.05) is 36.8 Å². The molecule has 19 heavy (non-hydrogen) atoms. The average Bonchev–Trinajstić information content (AvgIpc) is 3.22. The van der Waals surface area contributed by atoms with Gasteiger partial charge < -0.3 is 10.6 Å². The van der Waals surface area contributed by atoms with E-state index in [9.17, 15) is 0 Å². The van der Waals surface area contributed by atoms with E-state index in [1.54, 1.807) is 6.33 Å². The Hall–Kier alpha value is -1.36. The monoisotopic (exact) mass is 261 g/mol. The summed E-state index contributed by atoms with van der Waals surface area (Å²) in [5.41, 5.74) is 7.13. The van der Waals surface area contributed by atoms with E-state index in [0.29, 0.717) is 11.7 Å². The molecule has 5 nitrogen and oxygen atoms in total. The van der Waals surface area contributed by atoms with Crippen molar-refractivity contribution in [3.05, 3.63) is 11.9 Å². The Morgan fingerprint density at radius 1 is 1.16 bits per heavy atom. The lowest BCUT2D eigenvalue weighted by atomic mass is 10.0. The fraction of sp³-hybridized carbons (Fsp3) is 0.714. The second-order valence-electron chi connectivity index (χ2n) is 5.91. The molecule has 3 rings (SSSR count). The molecule has 104 valence electrons. The maximum Gasteiger partial charge on any atom is 0.137 e. The van der Waals surface area contributed by atoms with Gasteiger partial charge in [-0.2, -0.15) is 0 Å². The van der Waals surface area contributed by atoms with Gasteiger partial charge >= 0.3 is 0 Å². The molecule has 1 aromatic heterocycles. The molecule has 0 radical (unpaired) electrons. The lowest BCUT2D eigenvalue weighted by molar-refractivity contribution is 0.247. The lowest BCUT2D eigenvalue weighted by Crippen LogP contribution is -2.47. The first-order valence-electron chi connectivity index (χ1n) is 7.26. The van der Waals surface area contributed by atoms with Crippen molar-refractivity contribution < 1.29 is 0 Å². The number of aromatic nitrogens is 2. The minimum absolute atomic E-state index is 0.359. The summed E-state index contributed by atoms with van der Waals surface area (Å²) in [4.78, 5) is 13.6. The van der Waals surface area contributed by atoms with Crippen molar-refractivity contribution in [3.63, 3.8) is 0 Å². The van der Waals surface area contributed by atoms with Crippen molar-refractivity contribution in [2.45, 2.75) is 38.6 Å². The molecule has 1 aromatic rings. The van der Waals surface area contributed by atoms with Gasteiger partial charge in [-0.25, -0.2) is 9.97 Å². The number of nitrogen functional groups attached to an aromatic ring is 1. The third kappa shape index (κ3) is 2.52. The zero-order valence-corrected chi connectivity index (χ0v) is 11.8. The van der Waals surface area contributed by atoms with Crippen LogP contribution in [0.3, 0.4) is 0 Å². The van der Waals surface area contributed by atoms with Gasteiger partial charge in [0.15, 0.2) is 0 Å². The predicted octanol–water partition coefficient (Wildman–Crippen LogP) is 1.47. The summed E-state index contributed by atoms with van der Waals surface area (Å²) in [6.07, 6.45) is 4.36. The summed E-state index contributed by atoms with van der Waals surface area (Å²) in [7, 11) is 0. The summed E-state index contributed by atoms with van der Waals surface area (Å²) in [6, 6.07) is 0.863. The predicted molar refractivity (Wildman–Crippen MR) is 77.3 cm³/mol. The summed E-state index contributed by atoms with van der Waals surface area (Å²) < 4.78 is 0. The SMILES string of the molecule is CC(C)c1c(N)ncnc1N1CCN(C2CC2)CC1. The van der Waals surface area contributed by atoms with E-state index in [4.69, 9.17) is 5.73 Å². The highest BCUT2D eigenvalue weighted by molar-refractivity contribution is 5.58. The van der Waals surface area contributed by atoms with Crippen LogP contribution < -0.4 is 10.6 Å². The second-order valence-corrected chi connectivity index (χ2v) is 5.91. The van der Waals surface area contributed by atoms with Gasteiger partial charge in [0, 0.05) is 37.8 Å². The van der Waals surface area contributed by atoms with Crippen molar-refractivity contribution in [3.8, 4) is 0 Å². The lowest BCUT2D eigenvalue weighted by Gasteiger charge is -2.36. The summed E-state index contributed by atoms with van der Waals surface area (Å²) in [5, 5.41) is 0. The van der Waals surface area contributed by atoms with Crippen LogP contribution in [0, 0.1) is 0 Å². The van der Waals surface area contributed by atoms with Crippen LogP contribution in [0.5, 0.6) is 0 Å². The molecule has 1 aliphatic heterocycles. The van der Waals surface area contributed by atoms with E-state index in [-0.39, 0.29) is 0 Å². The Morgan fingerprint density at radius 2 is 1.84 bits per heavy atom. The van der Waals surface area contributed by atoms with E-state index in [1.807, 2.05) is 0 Å². The van der Waals surface area contributed by atoms with Crippen LogP contribution in [0.1, 0.15) is 38.2 Å². The Balaban J connectivity index is 1.77. The third-order valence-electron chi connectivity index (χ3n) is 4.15. The van der Waals surface area contributed by atoms with Crippen molar-refractivity contribution in [1.82, 2.24) is 14.9 Å². The minimum Gasteiger partial charge on any atom is -0.383 e. The maximum atomic E-state index is 6.03. The zero-order valence-electron chi connectivity index (χ0n) is 11.8. The van der Waals surface area contributed by atoms with Gasteiger partial charge in [0.1, 0.15) is 18.0 Å². The number of hydrogen-bond acceptors (Lipinski definition) is 5. The van der Waals surface area contributed by atoms with E-state index >= 15 is 0 Å². The molecule has 0 bridgehead atoms. The molecule has 0 aromatic carbocycles. The van der Waals surface area contributed by atoms with Crippen LogP contribution in [-0.4, -0.2) is 47.1 Å². The summed E-state index contributed by atoms with van der Waals surface area (Å²) in [6.45, 7) is 8.69. The molecule has 1 saturated carbocycles. The Kier molecular flexibility index (Phi) is 3.31. The smallest absolute Gasteiger partial charge is 0.137 e. The normalized spacial score (nSPS) is 21.1. The Bertz CT molecular complexity index is 447. The number of anilines is 2. The molecule has 1 aliphatic carbocycles. The minimum atomic E-state index is 0.359. The first kappa shape index (κ1) is 12.7. The van der Waals surface area contributed by atoms with Crippen LogP contribution in [0.25, 0.3) is 0 Å². The van der Waals surface area contributed by atoms with Gasteiger partial charge in [0.2, 0.25) is 0 Å². The largest absolute Gasteiger partial charge is 0.383 e. The molecule has 5 heteroatoms.